The molecule has 0 unspecified atom stereocenters. The summed E-state index contributed by atoms with van der Waals surface area (Å²) in [5.41, 5.74) is 1.03. The van der Waals surface area contributed by atoms with Gasteiger partial charge in [-0.2, -0.15) is 0 Å². The quantitative estimate of drug-likeness (QED) is 0.662. The topological polar surface area (TPSA) is 12.0 Å². The van der Waals surface area contributed by atoms with Gasteiger partial charge in [0.15, 0.2) is 0 Å². The molecule has 0 aliphatic heterocycles. The van der Waals surface area contributed by atoms with Gasteiger partial charge in [0.1, 0.15) is 0 Å². The van der Waals surface area contributed by atoms with Gasteiger partial charge in [0, 0.05) is 6.54 Å². The van der Waals surface area contributed by atoms with Crippen LogP contribution in [0.25, 0.3) is 0 Å². The first kappa shape index (κ1) is 6.83. The second-order valence-electron chi connectivity index (χ2n) is 1.78. The van der Waals surface area contributed by atoms with Gasteiger partial charge in [0.05, 0.1) is 14.7 Å². The number of anilines is 1. The van der Waals surface area contributed by atoms with Gasteiger partial charge in [-0.3, -0.25) is 0 Å². The van der Waals surface area contributed by atoms with Crippen molar-refractivity contribution in [1.82, 2.24) is 0 Å². The summed E-state index contributed by atoms with van der Waals surface area (Å²) in [6, 6.07) is 1.89. The van der Waals surface area contributed by atoms with Crippen LogP contribution in [-0.4, -0.2) is 6.54 Å². The molecule has 0 radical (unpaired) electrons. The van der Waals surface area contributed by atoms with Gasteiger partial charge in [-0.1, -0.05) is 24.4 Å². The maximum absolute atomic E-state index is 4.92. The monoisotopic (exact) mass is 157 g/mol. The van der Waals surface area contributed by atoms with Gasteiger partial charge in [-0.05, 0) is 13.0 Å². The fraction of sp³-hybridized carbons (Fsp3) is 0.333. The summed E-state index contributed by atoms with van der Waals surface area (Å²) >= 11 is 9.76. The van der Waals surface area contributed by atoms with Gasteiger partial charge in [-0.25, -0.2) is 0 Å². The molecule has 0 amide bonds. The Labute approximate surface area is 64.4 Å². The van der Waals surface area contributed by atoms with E-state index in [0.717, 1.165) is 21.3 Å². The lowest BCUT2D eigenvalue weighted by Crippen LogP contribution is -1.99. The fourth-order valence-corrected chi connectivity index (χ4v) is 1.06. The van der Waals surface area contributed by atoms with E-state index in [1.54, 1.807) is 0 Å². The normalized spacial score (nSPS) is 9.89. The van der Waals surface area contributed by atoms with Crippen molar-refractivity contribution in [3.8, 4) is 0 Å². The van der Waals surface area contributed by atoms with Crippen LogP contribution in [0.1, 0.15) is 6.92 Å². The standard InChI is InChI=1S/C6H7NS2/c1-2-7-4-3-5(8)6(4)9/h3,7H,2H2,1H3. The Hall–Kier alpha value is -0.280. The molecule has 0 heterocycles. The summed E-state index contributed by atoms with van der Waals surface area (Å²) in [7, 11) is 0. The molecule has 1 N–H and O–H groups in total. The molecule has 0 aliphatic carbocycles. The van der Waals surface area contributed by atoms with Crippen molar-refractivity contribution in [1.29, 1.82) is 0 Å². The highest BCUT2D eigenvalue weighted by atomic mass is 32.1. The second kappa shape index (κ2) is 2.54. The van der Waals surface area contributed by atoms with E-state index in [1.165, 1.54) is 0 Å². The minimum Gasteiger partial charge on any atom is -0.384 e. The van der Waals surface area contributed by atoms with Crippen molar-refractivity contribution in [3.05, 3.63) is 15.1 Å². The van der Waals surface area contributed by atoms with Gasteiger partial charge in [-0.15, -0.1) is 0 Å². The Morgan fingerprint density at radius 2 is 2.22 bits per heavy atom. The van der Waals surface area contributed by atoms with E-state index < -0.39 is 0 Å². The first-order valence-electron chi connectivity index (χ1n) is 2.80. The van der Waals surface area contributed by atoms with E-state index in [2.05, 4.69) is 5.32 Å². The van der Waals surface area contributed by atoms with Crippen LogP contribution < -0.4 is 5.32 Å². The van der Waals surface area contributed by atoms with Crippen molar-refractivity contribution in [3.63, 3.8) is 0 Å². The summed E-state index contributed by atoms with van der Waals surface area (Å²) in [5, 5.41) is 3.09. The van der Waals surface area contributed by atoms with Gasteiger partial charge in [0.25, 0.3) is 0 Å². The molecule has 0 fully saturated rings. The summed E-state index contributed by atoms with van der Waals surface area (Å²) < 4.78 is 1.62. The molecule has 0 saturated carbocycles. The van der Waals surface area contributed by atoms with Crippen molar-refractivity contribution in [2.45, 2.75) is 6.92 Å². The summed E-state index contributed by atoms with van der Waals surface area (Å²) in [4.78, 5) is 0. The van der Waals surface area contributed by atoms with E-state index in [9.17, 15) is 0 Å². The first-order chi connectivity index (χ1) is 4.25. The Bertz CT molecular complexity index is 270. The molecular formula is C6H7NS2. The van der Waals surface area contributed by atoms with Crippen molar-refractivity contribution >= 4 is 30.1 Å². The average molecular weight is 157 g/mol. The lowest BCUT2D eigenvalue weighted by Gasteiger charge is -2.04. The molecule has 0 spiro atoms. The maximum Gasteiger partial charge on any atom is 0.0790 e. The van der Waals surface area contributed by atoms with Crippen LogP contribution in [0.4, 0.5) is 5.69 Å². The zero-order valence-electron chi connectivity index (χ0n) is 5.10. The summed E-state index contributed by atoms with van der Waals surface area (Å²) in [6.07, 6.45) is 0. The van der Waals surface area contributed by atoms with Crippen molar-refractivity contribution in [2.24, 2.45) is 0 Å². The summed E-state index contributed by atoms with van der Waals surface area (Å²) in [6.45, 7) is 2.94. The van der Waals surface area contributed by atoms with Crippen LogP contribution in [0.15, 0.2) is 6.07 Å². The highest BCUT2D eigenvalue weighted by molar-refractivity contribution is 7.74. The SMILES string of the molecule is CCNc1cc(=S)c1=S. The molecule has 0 saturated heterocycles. The predicted octanol–water partition coefficient (Wildman–Crippen LogP) is 2.45. The molecule has 1 rings (SSSR count). The maximum atomic E-state index is 4.92. The van der Waals surface area contributed by atoms with Crippen molar-refractivity contribution in [2.75, 3.05) is 11.9 Å². The number of rotatable bonds is 2. The molecule has 0 atom stereocenters. The summed E-state index contributed by atoms with van der Waals surface area (Å²) in [5.74, 6) is 0. The van der Waals surface area contributed by atoms with Gasteiger partial charge >= 0.3 is 0 Å². The van der Waals surface area contributed by atoms with Crippen LogP contribution in [0, 0.1) is 9.02 Å². The molecule has 48 valence electrons. The number of nitrogens with one attached hydrogen (secondary N) is 1. The van der Waals surface area contributed by atoms with E-state index in [4.69, 9.17) is 24.4 Å². The molecule has 0 bridgehead atoms. The fourth-order valence-electron chi connectivity index (χ4n) is 0.639. The van der Waals surface area contributed by atoms with Crippen LogP contribution >= 0.6 is 24.4 Å². The molecule has 3 heteroatoms. The van der Waals surface area contributed by atoms with Crippen LogP contribution in [0.3, 0.4) is 0 Å². The Morgan fingerprint density at radius 3 is 2.56 bits per heavy atom. The van der Waals surface area contributed by atoms with Gasteiger partial charge in [0.2, 0.25) is 0 Å². The Kier molecular flexibility index (Phi) is 1.93. The largest absolute Gasteiger partial charge is 0.384 e. The smallest absolute Gasteiger partial charge is 0.0790 e. The molecule has 0 aliphatic rings. The van der Waals surface area contributed by atoms with Gasteiger partial charge < -0.3 is 5.32 Å². The van der Waals surface area contributed by atoms with Crippen LogP contribution in [-0.2, 0) is 0 Å². The Balaban J connectivity index is 2.80. The third-order valence-electron chi connectivity index (χ3n) is 1.11. The molecule has 1 aromatic carbocycles. The molecule has 9 heavy (non-hydrogen) atoms. The number of hydrogen-bond donors (Lipinski definition) is 1. The molecule has 1 aromatic rings. The second-order valence-corrected chi connectivity index (χ2v) is 2.63. The average Bonchev–Trinajstić information content (AvgIpc) is 1.88. The highest BCUT2D eigenvalue weighted by Gasteiger charge is 1.98. The molecular weight excluding hydrogens is 150 g/mol. The van der Waals surface area contributed by atoms with E-state index >= 15 is 0 Å². The molecule has 0 aromatic heterocycles. The number of hydrogen-bond acceptors (Lipinski definition) is 3. The van der Waals surface area contributed by atoms with Crippen molar-refractivity contribution < 1.29 is 0 Å². The Morgan fingerprint density at radius 1 is 1.56 bits per heavy atom. The lowest BCUT2D eigenvalue weighted by molar-refractivity contribution is 1.20. The van der Waals surface area contributed by atoms with E-state index in [1.807, 2.05) is 13.0 Å². The third-order valence-corrected chi connectivity index (χ3v) is 2.00. The van der Waals surface area contributed by atoms with Crippen LogP contribution in [0.5, 0.6) is 0 Å². The first-order valence-corrected chi connectivity index (χ1v) is 3.61. The molecule has 1 nitrogen and oxygen atoms in total. The zero-order valence-corrected chi connectivity index (χ0v) is 6.73. The third kappa shape index (κ3) is 1.17. The highest BCUT2D eigenvalue weighted by Crippen LogP contribution is 2.16. The minimum atomic E-state index is 0.806. The predicted molar refractivity (Wildman–Crippen MR) is 44.6 cm³/mol. The van der Waals surface area contributed by atoms with E-state index in [0.29, 0.717) is 0 Å². The lowest BCUT2D eigenvalue weighted by atomic mass is 10.3. The van der Waals surface area contributed by atoms with Crippen LogP contribution in [0.2, 0.25) is 0 Å². The zero-order chi connectivity index (χ0) is 6.85. The van der Waals surface area contributed by atoms with E-state index in [-0.39, 0.29) is 0 Å². The minimum absolute atomic E-state index is 0.806.